The van der Waals surface area contributed by atoms with Gasteiger partial charge in [0.25, 0.3) is 0 Å². The first-order chi connectivity index (χ1) is 31.4. The molecule has 0 N–H and O–H groups in total. The second kappa shape index (κ2) is 29.4. The molecule has 0 aliphatic carbocycles. The van der Waals surface area contributed by atoms with Gasteiger partial charge in [-0.3, -0.25) is 0 Å². The molecule has 0 amide bonds. The maximum Gasteiger partial charge on any atom is 0.388 e. The Labute approximate surface area is 408 Å². The van der Waals surface area contributed by atoms with Crippen molar-refractivity contribution in [2.45, 2.75) is 128 Å². The molecule has 0 fully saturated rings. The quantitative estimate of drug-likeness (QED) is 0.0218. The molecule has 0 aliphatic heterocycles. The van der Waals surface area contributed by atoms with Gasteiger partial charge in [-0.05, 0) is 101 Å². The number of esters is 4. The molecule has 0 spiro atoms. The van der Waals surface area contributed by atoms with Crippen LogP contribution in [0.25, 0.3) is 0 Å². The van der Waals surface area contributed by atoms with Gasteiger partial charge in [0.1, 0.15) is 38.6 Å². The van der Waals surface area contributed by atoms with Gasteiger partial charge in [-0.25, -0.2) is 19.2 Å². The summed E-state index contributed by atoms with van der Waals surface area (Å²) >= 11 is 0. The van der Waals surface area contributed by atoms with Crippen LogP contribution in [0.1, 0.15) is 39.5 Å². The monoisotopic (exact) mass is 1030 g/mol. The van der Waals surface area contributed by atoms with Gasteiger partial charge in [0, 0.05) is 23.3 Å². The molecule has 4 unspecified atom stereocenters. The molecule has 372 valence electrons. The number of hydrogen-bond acceptors (Lipinski definition) is 13. The first kappa shape index (κ1) is 59.5. The molecule has 0 bridgehead atoms. The van der Waals surface area contributed by atoms with Crippen LogP contribution in [0.4, 0.5) is 0 Å². The highest BCUT2D eigenvalue weighted by Gasteiger charge is 2.52. The Morgan fingerprint density at radius 2 is 0.955 bits per heavy atom. The third-order valence-electron chi connectivity index (χ3n) is 10.4. The standard InChI is InChI=1S/C48H78O13Si6/c1-15-45(49)53-35-41(37-55-47(51)39(3)4)57-62(7)31-25-17-18-26-33-64(9,10)59-66(13,14)61-67(43-27-21-19-22-28-43,44-29-23-20-24-30-44)60-65(11,12)34-32-63(8)58-42(36-54-46(50)16-2)38-56-48(52)40(5)6/h15-16,19-24,27-30,41-42,62-63H,1-3,5,17-18,25-26,31-38H2,4,6-14H3. The van der Waals surface area contributed by atoms with Gasteiger partial charge in [-0.15, -0.1) is 0 Å². The van der Waals surface area contributed by atoms with Gasteiger partial charge in [-0.2, -0.15) is 0 Å². The number of rotatable bonds is 34. The number of unbranched alkanes of at least 4 members (excludes halogenated alkanes) is 3. The molecule has 4 atom stereocenters. The lowest BCUT2D eigenvalue weighted by Gasteiger charge is -2.44. The summed E-state index contributed by atoms with van der Waals surface area (Å²) in [6, 6.07) is 24.1. The summed E-state index contributed by atoms with van der Waals surface area (Å²) in [5.74, 6) is -2.17. The minimum atomic E-state index is -3.39. The Bertz CT molecular complexity index is 1870. The second-order valence-electron chi connectivity index (χ2n) is 18.6. The first-order valence-electron chi connectivity index (χ1n) is 23.2. The average Bonchev–Trinajstić information content (AvgIpc) is 3.27. The van der Waals surface area contributed by atoms with Crippen LogP contribution in [-0.4, -0.2) is 114 Å². The molecule has 0 saturated heterocycles. The molecular formula is C48H78O13Si6. The lowest BCUT2D eigenvalue weighted by molar-refractivity contribution is -0.147. The molecule has 0 saturated carbocycles. The molecule has 19 heteroatoms. The third-order valence-corrected chi connectivity index (χ3v) is 30.9. The van der Waals surface area contributed by atoms with Crippen molar-refractivity contribution in [2.24, 2.45) is 0 Å². The predicted octanol–water partition coefficient (Wildman–Crippen LogP) is 8.14. The van der Waals surface area contributed by atoms with E-state index in [4.69, 9.17) is 40.1 Å². The zero-order valence-corrected chi connectivity index (χ0v) is 48.2. The smallest absolute Gasteiger partial charge is 0.388 e. The van der Waals surface area contributed by atoms with Gasteiger partial charge in [0.05, 0.1) is 0 Å². The van der Waals surface area contributed by atoms with E-state index in [0.29, 0.717) is 5.57 Å². The highest BCUT2D eigenvalue weighted by atomic mass is 28.5. The maximum absolute atomic E-state index is 12.2. The predicted molar refractivity (Wildman–Crippen MR) is 281 cm³/mol. The van der Waals surface area contributed by atoms with Crippen molar-refractivity contribution in [3.05, 3.63) is 110 Å². The fourth-order valence-electron chi connectivity index (χ4n) is 7.25. The minimum Gasteiger partial charge on any atom is -0.460 e. The zero-order valence-electron chi connectivity index (χ0n) is 41.9. The Morgan fingerprint density at radius 3 is 1.39 bits per heavy atom. The third kappa shape index (κ3) is 23.5. The van der Waals surface area contributed by atoms with Crippen LogP contribution in [0.5, 0.6) is 0 Å². The van der Waals surface area contributed by atoms with Crippen molar-refractivity contribution < 1.29 is 59.3 Å². The molecule has 0 heterocycles. The minimum absolute atomic E-state index is 0.0165. The van der Waals surface area contributed by atoms with E-state index in [1.807, 2.05) is 36.4 Å². The van der Waals surface area contributed by atoms with Crippen LogP contribution in [0, 0.1) is 0 Å². The Morgan fingerprint density at radius 1 is 0.552 bits per heavy atom. The molecule has 0 aromatic heterocycles. The molecule has 2 rings (SSSR count). The Hall–Kier alpha value is -3.62. The molecule has 0 aliphatic rings. The largest absolute Gasteiger partial charge is 0.460 e. The molecule has 2 aromatic rings. The van der Waals surface area contributed by atoms with Crippen molar-refractivity contribution in [3.63, 3.8) is 0 Å². The fraction of sp³-hybridized carbons (Fsp3) is 0.500. The summed E-state index contributed by atoms with van der Waals surface area (Å²) in [6.07, 6.45) is 5.16. The van der Waals surface area contributed by atoms with Crippen LogP contribution in [0.2, 0.25) is 76.6 Å². The van der Waals surface area contributed by atoms with Crippen LogP contribution in [-0.2, 0) is 59.3 Å². The Balaban J connectivity index is 2.16. The zero-order chi connectivity index (χ0) is 50.3. The van der Waals surface area contributed by atoms with E-state index in [1.54, 1.807) is 13.8 Å². The van der Waals surface area contributed by atoms with Crippen molar-refractivity contribution in [2.75, 3.05) is 26.4 Å². The van der Waals surface area contributed by atoms with Gasteiger partial charge in [0.2, 0.25) is 0 Å². The van der Waals surface area contributed by atoms with E-state index in [1.165, 1.54) is 0 Å². The van der Waals surface area contributed by atoms with Crippen LogP contribution >= 0.6 is 0 Å². The summed E-state index contributed by atoms with van der Waals surface area (Å²) in [7, 11) is -14.6. The lowest BCUT2D eigenvalue weighted by Crippen LogP contribution is -2.71. The van der Waals surface area contributed by atoms with Crippen molar-refractivity contribution >= 4 is 86.1 Å². The summed E-state index contributed by atoms with van der Waals surface area (Å²) in [6.45, 7) is 34.7. The molecule has 0 radical (unpaired) electrons. The van der Waals surface area contributed by atoms with E-state index < -0.39 is 87.9 Å². The van der Waals surface area contributed by atoms with Crippen LogP contribution in [0.15, 0.2) is 110 Å². The van der Waals surface area contributed by atoms with Gasteiger partial charge in [0.15, 0.2) is 34.7 Å². The number of hydrogen-bond donors (Lipinski definition) is 0. The van der Waals surface area contributed by atoms with Gasteiger partial charge in [-0.1, -0.05) is 113 Å². The highest BCUT2D eigenvalue weighted by Crippen LogP contribution is 2.29. The van der Waals surface area contributed by atoms with Crippen LogP contribution < -0.4 is 10.4 Å². The fourth-order valence-corrected chi connectivity index (χ4v) is 32.1. The van der Waals surface area contributed by atoms with E-state index in [2.05, 4.69) is 103 Å². The highest BCUT2D eigenvalue weighted by molar-refractivity contribution is 7.02. The summed E-state index contributed by atoms with van der Waals surface area (Å²) < 4.78 is 56.3. The van der Waals surface area contributed by atoms with E-state index >= 15 is 0 Å². The summed E-state index contributed by atoms with van der Waals surface area (Å²) in [5.41, 5.74) is 0.565. The molecule has 2 aromatic carbocycles. The van der Waals surface area contributed by atoms with Crippen molar-refractivity contribution in [1.82, 2.24) is 0 Å². The average molecular weight is 1030 g/mol. The number of carbonyl (C=O) groups excluding carboxylic acids is 4. The molecule has 13 nitrogen and oxygen atoms in total. The van der Waals surface area contributed by atoms with E-state index in [0.717, 1.165) is 72.4 Å². The maximum atomic E-state index is 12.2. The normalized spacial score (nSPS) is 13.9. The number of carbonyl (C=O) groups is 4. The van der Waals surface area contributed by atoms with E-state index in [9.17, 15) is 19.2 Å². The lowest BCUT2D eigenvalue weighted by atomic mass is 10.2. The van der Waals surface area contributed by atoms with Crippen molar-refractivity contribution in [1.29, 1.82) is 0 Å². The van der Waals surface area contributed by atoms with Gasteiger partial charge >= 0.3 is 41.0 Å². The first-order valence-corrected chi connectivity index (χ1v) is 38.9. The van der Waals surface area contributed by atoms with Crippen LogP contribution in [0.3, 0.4) is 0 Å². The summed E-state index contributed by atoms with van der Waals surface area (Å²) in [5, 5.41) is 2.04. The summed E-state index contributed by atoms with van der Waals surface area (Å²) in [4.78, 5) is 47.8. The molecular weight excluding hydrogens is 953 g/mol. The Kier molecular flexibility index (Phi) is 26.1. The topological polar surface area (TPSA) is 151 Å². The molecule has 67 heavy (non-hydrogen) atoms. The van der Waals surface area contributed by atoms with Crippen molar-refractivity contribution in [3.8, 4) is 0 Å². The number of benzene rings is 2. The SMILES string of the molecule is C=CC(=O)OCC(COC(=O)C(=C)C)O[SiH](C)CCCCCC[Si](C)(C)O[Si](C)(C)O[Si](O[Si](C)(C)CC[SiH](C)OC(COC(=O)C=C)COC(=O)C(=C)C)(c1ccccc1)c1ccccc1. The van der Waals surface area contributed by atoms with Gasteiger partial charge < -0.3 is 40.1 Å². The number of ether oxygens (including phenoxy) is 4. The van der Waals surface area contributed by atoms with E-state index in [-0.39, 0.29) is 32.0 Å². The second-order valence-corrected chi connectivity index (χ2v) is 39.2.